The van der Waals surface area contributed by atoms with E-state index < -0.39 is 72.2 Å². The van der Waals surface area contributed by atoms with E-state index in [1.54, 1.807) is 54.6 Å². The van der Waals surface area contributed by atoms with Crippen LogP contribution in [0.25, 0.3) is 0 Å². The van der Waals surface area contributed by atoms with Gasteiger partial charge in [-0.3, -0.25) is 19.2 Å². The Kier molecular flexibility index (Phi) is 10.8. The lowest BCUT2D eigenvalue weighted by molar-refractivity contribution is -0.162. The maximum absolute atomic E-state index is 15.2. The Hall–Kier alpha value is -4.81. The van der Waals surface area contributed by atoms with Crippen LogP contribution in [0.2, 0.25) is 5.02 Å². The van der Waals surface area contributed by atoms with Gasteiger partial charge in [-0.25, -0.2) is 0 Å². The molecule has 2 N–H and O–H groups in total. The number of para-hydroxylation sites is 1. The molecule has 12 heteroatoms. The van der Waals surface area contributed by atoms with Crippen molar-refractivity contribution in [3.8, 4) is 0 Å². The van der Waals surface area contributed by atoms with Crippen LogP contribution >= 0.6 is 11.6 Å². The molecular weight excluding hydrogens is 698 g/mol. The van der Waals surface area contributed by atoms with Crippen molar-refractivity contribution < 1.29 is 38.5 Å². The summed E-state index contributed by atoms with van der Waals surface area (Å²) in [6, 6.07) is 22.5. The number of carbonyl (C=O) groups excluding carboxylic acids is 4. The topological polar surface area (TPSA) is 135 Å². The molecule has 53 heavy (non-hydrogen) atoms. The van der Waals surface area contributed by atoms with E-state index in [1.807, 2.05) is 54.6 Å². The molecule has 1 spiro atoms. The molecule has 276 valence electrons. The van der Waals surface area contributed by atoms with E-state index in [0.29, 0.717) is 22.7 Å². The number of aliphatic hydroxyl groups is 1. The van der Waals surface area contributed by atoms with Gasteiger partial charge in [-0.2, -0.15) is 0 Å². The van der Waals surface area contributed by atoms with Crippen molar-refractivity contribution in [2.45, 2.75) is 55.2 Å². The first kappa shape index (κ1) is 36.5. The number of esters is 1. The summed E-state index contributed by atoms with van der Waals surface area (Å²) in [7, 11) is 1.50. The van der Waals surface area contributed by atoms with Crippen LogP contribution in [0.5, 0.6) is 0 Å². The molecule has 2 saturated heterocycles. The summed E-state index contributed by atoms with van der Waals surface area (Å²) in [4.78, 5) is 61.0. The molecule has 0 unspecified atom stereocenters. The Balaban J connectivity index is 1.36. The van der Waals surface area contributed by atoms with Crippen molar-refractivity contribution in [2.24, 2.45) is 11.8 Å². The quantitative estimate of drug-likeness (QED) is 0.260. The van der Waals surface area contributed by atoms with Crippen LogP contribution in [0.1, 0.15) is 30.1 Å². The number of benzene rings is 3. The van der Waals surface area contributed by atoms with Crippen LogP contribution in [-0.2, 0) is 39.8 Å². The molecule has 5 bridgehead atoms. The predicted molar refractivity (Wildman–Crippen MR) is 197 cm³/mol. The van der Waals surface area contributed by atoms with Crippen molar-refractivity contribution in [1.29, 1.82) is 0 Å². The minimum absolute atomic E-state index is 0.0417. The molecule has 3 amide bonds. The zero-order chi connectivity index (χ0) is 37.1. The number of methoxy groups -OCH3 is 1. The molecule has 0 saturated carbocycles. The Labute approximate surface area is 313 Å². The molecule has 4 aliphatic heterocycles. The maximum Gasteiger partial charge on any atom is 0.313 e. The Morgan fingerprint density at radius 2 is 1.68 bits per heavy atom. The highest BCUT2D eigenvalue weighted by Crippen LogP contribution is 2.56. The smallest absolute Gasteiger partial charge is 0.313 e. The first-order chi connectivity index (χ1) is 25.8. The number of fused-ring (bicyclic) bond motifs is 2. The standard InChI is InChI=1S/C41H42ClN3O8/c1-51-25-30-36(27-15-7-3-8-16-27)52-40(50)34-32-20-21-41(53-32)35(34)38(48)45(28(24-46)23-26-13-5-2-6-14-26)37(41)39(49)44(31-18-11-10-17-29(31)42)22-12-4-9-19-33(47)43-30/h2-8,10-18,20-21,28,30,32,34-37,46H,9,19,22-25H2,1H3,(H,43,47)/b12-4-/t28-,30+,32-,34+,35+,36+,37-,41+/m1/s1. The highest BCUT2D eigenvalue weighted by molar-refractivity contribution is 6.34. The minimum atomic E-state index is -1.55. The van der Waals surface area contributed by atoms with Gasteiger partial charge in [-0.05, 0) is 36.1 Å². The Morgan fingerprint density at radius 1 is 0.962 bits per heavy atom. The zero-order valence-corrected chi connectivity index (χ0v) is 30.0. The largest absolute Gasteiger partial charge is 0.455 e. The van der Waals surface area contributed by atoms with Crippen LogP contribution < -0.4 is 10.2 Å². The number of likely N-dealkylation sites (tertiary alicyclic amines) is 1. The van der Waals surface area contributed by atoms with Crippen LogP contribution in [0.3, 0.4) is 0 Å². The van der Waals surface area contributed by atoms with E-state index in [4.69, 9.17) is 25.8 Å². The van der Waals surface area contributed by atoms with Crippen LogP contribution in [0.4, 0.5) is 5.69 Å². The number of anilines is 1. The lowest BCUT2D eigenvalue weighted by atomic mass is 9.74. The Bertz CT molecular complexity index is 1890. The molecule has 7 rings (SSSR count). The fourth-order valence-electron chi connectivity index (χ4n) is 8.22. The number of rotatable bonds is 8. The first-order valence-corrected chi connectivity index (χ1v) is 18.2. The number of hydrogen-bond acceptors (Lipinski definition) is 8. The number of cyclic esters (lactones) is 1. The molecule has 3 aromatic carbocycles. The van der Waals surface area contributed by atoms with Gasteiger partial charge < -0.3 is 34.4 Å². The van der Waals surface area contributed by atoms with Crippen molar-refractivity contribution in [1.82, 2.24) is 10.2 Å². The zero-order valence-electron chi connectivity index (χ0n) is 29.3. The second-order valence-electron chi connectivity index (χ2n) is 13.8. The minimum Gasteiger partial charge on any atom is -0.455 e. The van der Waals surface area contributed by atoms with Gasteiger partial charge in [0, 0.05) is 20.1 Å². The molecule has 2 fully saturated rings. The molecule has 0 radical (unpaired) electrons. The molecule has 4 heterocycles. The average Bonchev–Trinajstić information content (AvgIpc) is 3.82. The fourth-order valence-corrected chi connectivity index (χ4v) is 8.45. The molecule has 11 nitrogen and oxygen atoms in total. The van der Waals surface area contributed by atoms with Crippen LogP contribution in [0, 0.1) is 11.8 Å². The number of amides is 3. The average molecular weight is 740 g/mol. The third-order valence-corrected chi connectivity index (χ3v) is 10.9. The summed E-state index contributed by atoms with van der Waals surface area (Å²) in [6.07, 6.45) is 5.93. The van der Waals surface area contributed by atoms with Gasteiger partial charge in [-0.15, -0.1) is 0 Å². The highest BCUT2D eigenvalue weighted by Gasteiger charge is 2.74. The first-order valence-electron chi connectivity index (χ1n) is 17.9. The predicted octanol–water partition coefficient (Wildman–Crippen LogP) is 4.19. The van der Waals surface area contributed by atoms with Crippen LogP contribution in [0.15, 0.2) is 109 Å². The van der Waals surface area contributed by atoms with E-state index in [1.165, 1.54) is 16.9 Å². The lowest BCUT2D eigenvalue weighted by Gasteiger charge is -2.39. The third-order valence-electron chi connectivity index (χ3n) is 10.6. The van der Waals surface area contributed by atoms with Crippen molar-refractivity contribution in [3.05, 3.63) is 125 Å². The molecule has 0 aliphatic carbocycles. The number of nitrogens with one attached hydrogen (secondary N) is 1. The SMILES string of the molecule is COC[C@@H]1NC(=O)CC/C=C\CN(c2ccccc2Cl)C(=O)[C@H]2N([C@@H](CO)Cc3ccccc3)C(=O)[C@@H]3[C@@H](C(=O)O[C@H]1c1ccccc1)[C@H]1C=C[C@]32O1. The number of ether oxygens (including phenoxy) is 3. The summed E-state index contributed by atoms with van der Waals surface area (Å²) in [5.41, 5.74) is 0.345. The number of allylic oxidation sites excluding steroid dienone is 1. The van der Waals surface area contributed by atoms with Crippen molar-refractivity contribution >= 4 is 41.0 Å². The van der Waals surface area contributed by atoms with E-state index in [9.17, 15) is 19.5 Å². The fraction of sp³-hybridized carbons (Fsp3) is 0.366. The number of nitrogens with zero attached hydrogens (tertiary/aromatic N) is 2. The van der Waals surface area contributed by atoms with Gasteiger partial charge in [0.05, 0.1) is 48.0 Å². The second-order valence-corrected chi connectivity index (χ2v) is 14.2. The second kappa shape index (κ2) is 15.7. The molecule has 4 aliphatic rings. The van der Waals surface area contributed by atoms with E-state index in [-0.39, 0.29) is 31.9 Å². The van der Waals surface area contributed by atoms with Gasteiger partial charge in [-0.1, -0.05) is 109 Å². The summed E-state index contributed by atoms with van der Waals surface area (Å²) in [5, 5.41) is 14.2. The summed E-state index contributed by atoms with van der Waals surface area (Å²) >= 11 is 6.71. The van der Waals surface area contributed by atoms with Gasteiger partial charge in [0.15, 0.2) is 0 Å². The van der Waals surface area contributed by atoms with E-state index in [2.05, 4.69) is 5.32 Å². The maximum atomic E-state index is 15.2. The molecule has 8 atom stereocenters. The van der Waals surface area contributed by atoms with Gasteiger partial charge in [0.25, 0.3) is 5.91 Å². The lowest BCUT2D eigenvalue weighted by Crippen LogP contribution is -2.59. The summed E-state index contributed by atoms with van der Waals surface area (Å²) in [5.74, 6) is -4.25. The van der Waals surface area contributed by atoms with Gasteiger partial charge in [0.1, 0.15) is 23.7 Å². The number of carbonyl (C=O) groups is 4. The van der Waals surface area contributed by atoms with E-state index >= 15 is 4.79 Å². The van der Waals surface area contributed by atoms with E-state index in [0.717, 1.165) is 5.56 Å². The summed E-state index contributed by atoms with van der Waals surface area (Å²) in [6.45, 7) is -0.344. The normalized spacial score (nSPS) is 29.9. The Morgan fingerprint density at radius 3 is 2.40 bits per heavy atom. The van der Waals surface area contributed by atoms with Gasteiger partial charge in [0.2, 0.25) is 11.8 Å². The molecule has 0 aromatic heterocycles. The number of halogens is 1. The summed E-state index contributed by atoms with van der Waals surface area (Å²) < 4.78 is 18.4. The van der Waals surface area contributed by atoms with Crippen LogP contribution in [-0.4, -0.2) is 90.4 Å². The molecular formula is C41H42ClN3O8. The van der Waals surface area contributed by atoms with Gasteiger partial charge >= 0.3 is 5.97 Å². The molecule has 3 aromatic rings. The van der Waals surface area contributed by atoms with Crippen molar-refractivity contribution in [3.63, 3.8) is 0 Å². The number of hydrogen-bond donors (Lipinski definition) is 2. The highest BCUT2D eigenvalue weighted by atomic mass is 35.5. The van der Waals surface area contributed by atoms with Crippen molar-refractivity contribution in [2.75, 3.05) is 31.8 Å². The number of aliphatic hydroxyl groups excluding tert-OH is 1. The monoisotopic (exact) mass is 739 g/mol. The third kappa shape index (κ3) is 6.90.